The van der Waals surface area contributed by atoms with E-state index in [9.17, 15) is 8.78 Å². The van der Waals surface area contributed by atoms with Gasteiger partial charge in [-0.3, -0.25) is 0 Å². The van der Waals surface area contributed by atoms with Gasteiger partial charge in [0.2, 0.25) is 5.95 Å². The zero-order chi connectivity index (χ0) is 14.4. The number of imidazole rings is 1. The van der Waals surface area contributed by atoms with Gasteiger partial charge in [0.25, 0.3) is 0 Å². The summed E-state index contributed by atoms with van der Waals surface area (Å²) in [6.07, 6.45) is 4.22. The van der Waals surface area contributed by atoms with Crippen LogP contribution in [0, 0.1) is 11.6 Å². The Labute approximate surface area is 116 Å². The van der Waals surface area contributed by atoms with Gasteiger partial charge in [-0.15, -0.1) is 0 Å². The Kier molecular flexibility index (Phi) is 5.06. The predicted octanol–water partition coefficient (Wildman–Crippen LogP) is 3.33. The highest BCUT2D eigenvalue weighted by Gasteiger charge is 2.10. The van der Waals surface area contributed by atoms with Crippen LogP contribution < -0.4 is 5.32 Å². The van der Waals surface area contributed by atoms with E-state index in [-0.39, 0.29) is 5.69 Å². The van der Waals surface area contributed by atoms with Crippen molar-refractivity contribution in [1.82, 2.24) is 9.55 Å². The number of hydrogen-bond donors (Lipinski definition) is 1. The van der Waals surface area contributed by atoms with Gasteiger partial charge in [-0.1, -0.05) is 6.07 Å². The van der Waals surface area contributed by atoms with Crippen LogP contribution in [0.1, 0.15) is 13.3 Å². The molecule has 108 valence electrons. The van der Waals surface area contributed by atoms with E-state index in [0.29, 0.717) is 25.7 Å². The second kappa shape index (κ2) is 7.00. The standard InChI is InChI=1S/C14H17F2N3O/c1-2-20-10-4-8-19-9-7-17-14(19)18-12-6-3-5-11(15)13(12)16/h3,5-7,9H,2,4,8,10H2,1H3,(H,17,18). The van der Waals surface area contributed by atoms with Crippen molar-refractivity contribution >= 4 is 11.6 Å². The summed E-state index contributed by atoms with van der Waals surface area (Å²) in [4.78, 5) is 4.10. The van der Waals surface area contributed by atoms with Gasteiger partial charge in [0.15, 0.2) is 11.6 Å². The van der Waals surface area contributed by atoms with E-state index in [4.69, 9.17) is 4.74 Å². The normalized spacial score (nSPS) is 10.8. The van der Waals surface area contributed by atoms with Crippen LogP contribution >= 0.6 is 0 Å². The number of hydrogen-bond acceptors (Lipinski definition) is 3. The van der Waals surface area contributed by atoms with E-state index in [0.717, 1.165) is 12.5 Å². The van der Waals surface area contributed by atoms with Crippen molar-refractivity contribution in [3.05, 3.63) is 42.2 Å². The summed E-state index contributed by atoms with van der Waals surface area (Å²) in [5.41, 5.74) is 0.0715. The minimum Gasteiger partial charge on any atom is -0.382 e. The SMILES string of the molecule is CCOCCCn1ccnc1Nc1cccc(F)c1F. The second-order valence-electron chi connectivity index (χ2n) is 4.22. The summed E-state index contributed by atoms with van der Waals surface area (Å²) >= 11 is 0. The molecule has 0 amide bonds. The summed E-state index contributed by atoms with van der Waals surface area (Å²) in [5, 5.41) is 2.80. The molecule has 0 spiro atoms. The van der Waals surface area contributed by atoms with Crippen LogP contribution in [0.15, 0.2) is 30.6 Å². The van der Waals surface area contributed by atoms with Gasteiger partial charge < -0.3 is 14.6 Å². The Balaban J connectivity index is 2.03. The molecule has 2 rings (SSSR count). The molecule has 0 radical (unpaired) electrons. The largest absolute Gasteiger partial charge is 0.382 e. The van der Waals surface area contributed by atoms with Crippen molar-refractivity contribution in [3.63, 3.8) is 0 Å². The van der Waals surface area contributed by atoms with Crippen molar-refractivity contribution in [2.75, 3.05) is 18.5 Å². The maximum absolute atomic E-state index is 13.6. The minimum absolute atomic E-state index is 0.0715. The lowest BCUT2D eigenvalue weighted by atomic mass is 10.3. The number of anilines is 2. The second-order valence-corrected chi connectivity index (χ2v) is 4.22. The molecule has 0 aliphatic carbocycles. The fourth-order valence-corrected chi connectivity index (χ4v) is 1.82. The number of ether oxygens (including phenoxy) is 1. The first kappa shape index (κ1) is 14.5. The Hall–Kier alpha value is -1.95. The number of halogens is 2. The third kappa shape index (κ3) is 3.54. The van der Waals surface area contributed by atoms with Crippen LogP contribution in [-0.4, -0.2) is 22.8 Å². The quantitative estimate of drug-likeness (QED) is 0.791. The lowest BCUT2D eigenvalue weighted by Crippen LogP contribution is -2.07. The van der Waals surface area contributed by atoms with Gasteiger partial charge in [-0.25, -0.2) is 13.8 Å². The molecule has 4 nitrogen and oxygen atoms in total. The van der Waals surface area contributed by atoms with Crippen LogP contribution in [0.4, 0.5) is 20.4 Å². The van der Waals surface area contributed by atoms with E-state index in [1.165, 1.54) is 12.1 Å². The van der Waals surface area contributed by atoms with Gasteiger partial charge in [0.1, 0.15) is 0 Å². The molecular weight excluding hydrogens is 264 g/mol. The molecule has 0 aliphatic heterocycles. The van der Waals surface area contributed by atoms with Gasteiger partial charge >= 0.3 is 0 Å². The molecule has 0 saturated heterocycles. The van der Waals surface area contributed by atoms with E-state index >= 15 is 0 Å². The molecule has 0 unspecified atom stereocenters. The molecule has 0 atom stereocenters. The number of rotatable bonds is 7. The number of benzene rings is 1. The molecule has 6 heteroatoms. The smallest absolute Gasteiger partial charge is 0.207 e. The zero-order valence-corrected chi connectivity index (χ0v) is 11.3. The van der Waals surface area contributed by atoms with Gasteiger partial charge in [-0.2, -0.15) is 0 Å². The van der Waals surface area contributed by atoms with E-state index in [1.54, 1.807) is 12.4 Å². The molecule has 0 fully saturated rings. The Morgan fingerprint density at radius 2 is 2.20 bits per heavy atom. The highest BCUT2D eigenvalue weighted by Crippen LogP contribution is 2.20. The number of nitrogens with zero attached hydrogens (tertiary/aromatic N) is 2. The van der Waals surface area contributed by atoms with E-state index in [2.05, 4.69) is 10.3 Å². The molecule has 0 saturated carbocycles. The topological polar surface area (TPSA) is 39.1 Å². The van der Waals surface area contributed by atoms with Crippen molar-refractivity contribution in [1.29, 1.82) is 0 Å². The van der Waals surface area contributed by atoms with Gasteiger partial charge in [0.05, 0.1) is 5.69 Å². The van der Waals surface area contributed by atoms with Crippen molar-refractivity contribution in [2.45, 2.75) is 19.9 Å². The van der Waals surface area contributed by atoms with E-state index < -0.39 is 11.6 Å². The summed E-state index contributed by atoms with van der Waals surface area (Å²) < 4.78 is 33.8. The first-order valence-corrected chi connectivity index (χ1v) is 6.52. The summed E-state index contributed by atoms with van der Waals surface area (Å²) in [6, 6.07) is 4.00. The van der Waals surface area contributed by atoms with Crippen LogP contribution in [0.2, 0.25) is 0 Å². The lowest BCUT2D eigenvalue weighted by Gasteiger charge is -2.10. The molecular formula is C14H17F2N3O. The zero-order valence-electron chi connectivity index (χ0n) is 11.3. The Morgan fingerprint density at radius 3 is 3.00 bits per heavy atom. The third-order valence-electron chi connectivity index (χ3n) is 2.81. The molecule has 1 N–H and O–H groups in total. The Bertz CT molecular complexity index is 557. The first-order valence-electron chi connectivity index (χ1n) is 6.52. The average Bonchev–Trinajstić information content (AvgIpc) is 2.87. The number of aryl methyl sites for hydroxylation is 1. The molecule has 2 aromatic rings. The summed E-state index contributed by atoms with van der Waals surface area (Å²) in [6.45, 7) is 3.97. The molecule has 0 aliphatic rings. The van der Waals surface area contributed by atoms with Gasteiger partial charge in [0, 0.05) is 32.2 Å². The summed E-state index contributed by atoms with van der Waals surface area (Å²) in [5.74, 6) is -1.31. The number of aromatic nitrogens is 2. The van der Waals surface area contributed by atoms with Crippen molar-refractivity contribution in [2.24, 2.45) is 0 Å². The molecule has 20 heavy (non-hydrogen) atoms. The minimum atomic E-state index is -0.906. The third-order valence-corrected chi connectivity index (χ3v) is 2.81. The highest BCUT2D eigenvalue weighted by atomic mass is 19.2. The average molecular weight is 281 g/mol. The van der Waals surface area contributed by atoms with E-state index in [1.807, 2.05) is 11.5 Å². The van der Waals surface area contributed by atoms with Crippen molar-refractivity contribution in [3.8, 4) is 0 Å². The van der Waals surface area contributed by atoms with Crippen molar-refractivity contribution < 1.29 is 13.5 Å². The Morgan fingerprint density at radius 1 is 1.35 bits per heavy atom. The van der Waals surface area contributed by atoms with Crippen LogP contribution in [0.25, 0.3) is 0 Å². The highest BCUT2D eigenvalue weighted by molar-refractivity contribution is 5.54. The van der Waals surface area contributed by atoms with Crippen LogP contribution in [0.3, 0.4) is 0 Å². The maximum atomic E-state index is 13.6. The monoisotopic (exact) mass is 281 g/mol. The summed E-state index contributed by atoms with van der Waals surface area (Å²) in [7, 11) is 0. The molecule has 1 heterocycles. The lowest BCUT2D eigenvalue weighted by molar-refractivity contribution is 0.142. The van der Waals surface area contributed by atoms with Crippen LogP contribution in [0.5, 0.6) is 0 Å². The fourth-order valence-electron chi connectivity index (χ4n) is 1.82. The van der Waals surface area contributed by atoms with Gasteiger partial charge in [-0.05, 0) is 25.5 Å². The molecule has 0 bridgehead atoms. The maximum Gasteiger partial charge on any atom is 0.207 e. The molecule has 1 aromatic heterocycles. The number of nitrogens with one attached hydrogen (secondary N) is 1. The molecule has 1 aromatic carbocycles. The van der Waals surface area contributed by atoms with Crippen LogP contribution in [-0.2, 0) is 11.3 Å². The fraction of sp³-hybridized carbons (Fsp3) is 0.357. The predicted molar refractivity (Wildman–Crippen MR) is 73.0 cm³/mol. The first-order chi connectivity index (χ1) is 9.72.